The van der Waals surface area contributed by atoms with E-state index in [-0.39, 0.29) is 12.0 Å². The number of aliphatic imine (C=N–C) groups is 1. The minimum Gasteiger partial charge on any atom is -0.381 e. The average molecular weight is 426 g/mol. The van der Waals surface area contributed by atoms with Crippen molar-refractivity contribution in [3.8, 4) is 0 Å². The molecule has 1 aliphatic rings. The summed E-state index contributed by atoms with van der Waals surface area (Å²) in [6, 6.07) is 5.39. The van der Waals surface area contributed by atoms with Crippen molar-refractivity contribution in [1.82, 2.24) is 10.6 Å². The van der Waals surface area contributed by atoms with Crippen LogP contribution in [0.2, 0.25) is 10.0 Å². The minimum absolute atomic E-state index is 0.229. The van der Waals surface area contributed by atoms with Crippen molar-refractivity contribution in [2.45, 2.75) is 37.8 Å². The zero-order valence-electron chi connectivity index (χ0n) is 15.1. The van der Waals surface area contributed by atoms with E-state index in [0.717, 1.165) is 18.4 Å². The first kappa shape index (κ1) is 22.1. The summed E-state index contributed by atoms with van der Waals surface area (Å²) >= 11 is 12.4. The van der Waals surface area contributed by atoms with Gasteiger partial charge in [0.25, 0.3) is 0 Å². The zero-order valence-corrected chi connectivity index (χ0v) is 16.6. The second-order valence-electron chi connectivity index (χ2n) is 6.50. The summed E-state index contributed by atoms with van der Waals surface area (Å²) in [5.74, 6) is 0.359. The standard InChI is InChI=1S/C18H24Cl2F3N3O/c1-2-24-16(25-8-5-18(21,22)23)26-12-17(6-9-27-10-7-17)14-4-3-13(19)11-15(14)20/h3-4,11H,2,5-10,12H2,1H3,(H2,24,25,26). The van der Waals surface area contributed by atoms with Gasteiger partial charge >= 0.3 is 6.18 Å². The fourth-order valence-electron chi connectivity index (χ4n) is 3.09. The number of guanidine groups is 1. The van der Waals surface area contributed by atoms with E-state index in [1.54, 1.807) is 12.1 Å². The second-order valence-corrected chi connectivity index (χ2v) is 7.35. The molecule has 4 nitrogen and oxygen atoms in total. The van der Waals surface area contributed by atoms with Crippen molar-refractivity contribution in [3.05, 3.63) is 33.8 Å². The van der Waals surface area contributed by atoms with Crippen LogP contribution in [0, 0.1) is 0 Å². The Bertz CT molecular complexity index is 647. The van der Waals surface area contributed by atoms with Crippen molar-refractivity contribution in [2.75, 3.05) is 32.8 Å². The van der Waals surface area contributed by atoms with Crippen molar-refractivity contribution in [1.29, 1.82) is 0 Å². The molecule has 0 saturated carbocycles. The largest absolute Gasteiger partial charge is 0.390 e. The highest BCUT2D eigenvalue weighted by Crippen LogP contribution is 2.40. The summed E-state index contributed by atoms with van der Waals surface area (Å²) in [7, 11) is 0. The maximum absolute atomic E-state index is 12.4. The quantitative estimate of drug-likeness (QED) is 0.519. The van der Waals surface area contributed by atoms with Crippen LogP contribution in [-0.2, 0) is 10.2 Å². The zero-order chi connectivity index (χ0) is 19.9. The summed E-state index contributed by atoms with van der Waals surface area (Å²) in [4.78, 5) is 4.55. The molecule has 1 aromatic rings. The molecule has 0 unspecified atom stereocenters. The van der Waals surface area contributed by atoms with E-state index in [1.165, 1.54) is 0 Å². The lowest BCUT2D eigenvalue weighted by Gasteiger charge is -2.37. The van der Waals surface area contributed by atoms with E-state index >= 15 is 0 Å². The maximum atomic E-state index is 12.4. The molecule has 2 N–H and O–H groups in total. The molecular weight excluding hydrogens is 402 g/mol. The van der Waals surface area contributed by atoms with Crippen molar-refractivity contribution in [2.24, 2.45) is 4.99 Å². The lowest BCUT2D eigenvalue weighted by Crippen LogP contribution is -2.42. The highest BCUT2D eigenvalue weighted by atomic mass is 35.5. The van der Waals surface area contributed by atoms with Crippen molar-refractivity contribution in [3.63, 3.8) is 0 Å². The molecule has 0 aliphatic carbocycles. The summed E-state index contributed by atoms with van der Waals surface area (Å²) < 4.78 is 42.7. The second kappa shape index (κ2) is 9.85. The summed E-state index contributed by atoms with van der Waals surface area (Å²) in [6.07, 6.45) is -3.68. The predicted molar refractivity (Wildman–Crippen MR) is 103 cm³/mol. The Kier molecular flexibility index (Phi) is 8.06. The van der Waals surface area contributed by atoms with Crippen LogP contribution in [-0.4, -0.2) is 45.0 Å². The van der Waals surface area contributed by atoms with Crippen LogP contribution < -0.4 is 10.6 Å². The van der Waals surface area contributed by atoms with Crippen LogP contribution in [0.25, 0.3) is 0 Å². The van der Waals surface area contributed by atoms with Gasteiger partial charge in [-0.15, -0.1) is 0 Å². The molecule has 0 amide bonds. The Morgan fingerprint density at radius 3 is 2.52 bits per heavy atom. The molecule has 1 aromatic carbocycles. The van der Waals surface area contributed by atoms with Crippen LogP contribution in [0.5, 0.6) is 0 Å². The highest BCUT2D eigenvalue weighted by Gasteiger charge is 2.36. The van der Waals surface area contributed by atoms with E-state index < -0.39 is 12.6 Å². The van der Waals surface area contributed by atoms with E-state index in [2.05, 4.69) is 15.6 Å². The molecule has 27 heavy (non-hydrogen) atoms. The number of alkyl halides is 3. The normalized spacial score (nSPS) is 17.6. The van der Waals surface area contributed by atoms with Crippen molar-refractivity contribution < 1.29 is 17.9 Å². The molecule has 0 aromatic heterocycles. The third kappa shape index (κ3) is 6.73. The van der Waals surface area contributed by atoms with Crippen molar-refractivity contribution >= 4 is 29.2 Å². The van der Waals surface area contributed by atoms with Gasteiger partial charge in [0.15, 0.2) is 5.96 Å². The van der Waals surface area contributed by atoms with Gasteiger partial charge in [-0.25, -0.2) is 0 Å². The minimum atomic E-state index is -4.21. The van der Waals surface area contributed by atoms with Gasteiger partial charge < -0.3 is 15.4 Å². The third-order valence-corrected chi connectivity index (χ3v) is 5.09. The number of nitrogens with zero attached hydrogens (tertiary/aromatic N) is 1. The highest BCUT2D eigenvalue weighted by molar-refractivity contribution is 6.35. The molecule has 1 aliphatic heterocycles. The van der Waals surface area contributed by atoms with Crippen LogP contribution >= 0.6 is 23.2 Å². The molecule has 1 fully saturated rings. The number of hydrogen-bond donors (Lipinski definition) is 2. The lowest BCUT2D eigenvalue weighted by atomic mass is 9.74. The molecule has 152 valence electrons. The topological polar surface area (TPSA) is 45.7 Å². The van der Waals surface area contributed by atoms with Gasteiger partial charge in [0.1, 0.15) is 0 Å². The lowest BCUT2D eigenvalue weighted by molar-refractivity contribution is -0.132. The first-order chi connectivity index (χ1) is 12.8. The number of hydrogen-bond acceptors (Lipinski definition) is 2. The number of rotatable bonds is 6. The van der Waals surface area contributed by atoms with E-state index in [1.807, 2.05) is 13.0 Å². The molecule has 1 saturated heterocycles. The number of ether oxygens (including phenoxy) is 1. The molecule has 9 heteroatoms. The van der Waals surface area contributed by atoms with E-state index in [9.17, 15) is 13.2 Å². The Morgan fingerprint density at radius 1 is 1.22 bits per heavy atom. The van der Waals surface area contributed by atoms with E-state index in [4.69, 9.17) is 27.9 Å². The Labute approximate surface area is 167 Å². The summed E-state index contributed by atoms with van der Waals surface area (Å²) in [5.41, 5.74) is 0.596. The molecule has 2 rings (SSSR count). The molecule has 0 radical (unpaired) electrons. The van der Waals surface area contributed by atoms with Gasteiger partial charge in [-0.2, -0.15) is 13.2 Å². The molecule has 0 spiro atoms. The third-order valence-electron chi connectivity index (χ3n) is 4.54. The van der Waals surface area contributed by atoms with Gasteiger partial charge in [-0.3, -0.25) is 4.99 Å². The van der Waals surface area contributed by atoms with Gasteiger partial charge in [-0.1, -0.05) is 29.3 Å². The average Bonchev–Trinajstić information content (AvgIpc) is 2.59. The fourth-order valence-corrected chi connectivity index (χ4v) is 3.70. The van der Waals surface area contributed by atoms with Crippen LogP contribution in [0.15, 0.2) is 23.2 Å². The first-order valence-corrected chi connectivity index (χ1v) is 9.63. The molecule has 0 bridgehead atoms. The maximum Gasteiger partial charge on any atom is 0.390 e. The SMILES string of the molecule is CCNC(=NCC1(c2ccc(Cl)cc2Cl)CCOCC1)NCCC(F)(F)F. The Hall–Kier alpha value is -1.18. The number of halogens is 5. The first-order valence-electron chi connectivity index (χ1n) is 8.88. The Morgan fingerprint density at radius 2 is 1.93 bits per heavy atom. The summed E-state index contributed by atoms with van der Waals surface area (Å²) in [5, 5.41) is 6.85. The van der Waals surface area contributed by atoms with Gasteiger partial charge in [-0.05, 0) is 37.5 Å². The van der Waals surface area contributed by atoms with Gasteiger partial charge in [0, 0.05) is 41.8 Å². The molecular formula is C18H24Cl2F3N3O. The van der Waals surface area contributed by atoms with E-state index in [0.29, 0.717) is 42.3 Å². The fraction of sp³-hybridized carbons (Fsp3) is 0.611. The monoisotopic (exact) mass is 425 g/mol. The van der Waals surface area contributed by atoms with Crippen LogP contribution in [0.4, 0.5) is 13.2 Å². The molecule has 0 atom stereocenters. The Balaban J connectivity index is 2.19. The predicted octanol–water partition coefficient (Wildman–Crippen LogP) is 4.55. The van der Waals surface area contributed by atoms with Gasteiger partial charge in [0.2, 0.25) is 0 Å². The molecule has 1 heterocycles. The summed E-state index contributed by atoms with van der Waals surface area (Å²) in [6.45, 7) is 3.72. The van der Waals surface area contributed by atoms with Gasteiger partial charge in [0.05, 0.1) is 13.0 Å². The number of benzene rings is 1. The van der Waals surface area contributed by atoms with Crippen LogP contribution in [0.3, 0.4) is 0 Å². The smallest absolute Gasteiger partial charge is 0.381 e. The number of nitrogens with one attached hydrogen (secondary N) is 2. The van der Waals surface area contributed by atoms with Crippen LogP contribution in [0.1, 0.15) is 31.7 Å².